The fourth-order valence-electron chi connectivity index (χ4n) is 2.41. The molecule has 0 spiro atoms. The van der Waals surface area contributed by atoms with E-state index in [-0.39, 0.29) is 0 Å². The number of amides is 3. The maximum absolute atomic E-state index is 11.8. The quantitative estimate of drug-likeness (QED) is 0.692. The van der Waals surface area contributed by atoms with Gasteiger partial charge in [0.05, 0.1) is 5.60 Å². The molecule has 110 valence electrons. The Labute approximate surface area is 114 Å². The molecule has 0 aromatic rings. The predicted molar refractivity (Wildman–Crippen MR) is 72.6 cm³/mol. The molecule has 6 nitrogen and oxygen atoms in total. The third-order valence-electron chi connectivity index (χ3n) is 3.51. The molecule has 0 aliphatic heterocycles. The van der Waals surface area contributed by atoms with Crippen molar-refractivity contribution in [3.8, 4) is 0 Å². The zero-order valence-electron chi connectivity index (χ0n) is 11.8. The Morgan fingerprint density at radius 2 is 1.95 bits per heavy atom. The Kier molecular flexibility index (Phi) is 6.24. The number of rotatable bonds is 5. The van der Waals surface area contributed by atoms with Gasteiger partial charge in [0.15, 0.2) is 0 Å². The SMILES string of the molecule is CCNC(=O)NC(=O)C(C)OC1(CN)CCCCC1. The molecule has 3 amide bonds. The van der Waals surface area contributed by atoms with Crippen LogP contribution in [0.25, 0.3) is 0 Å². The zero-order chi connectivity index (χ0) is 14.3. The highest BCUT2D eigenvalue weighted by atomic mass is 16.5. The molecule has 0 heterocycles. The smallest absolute Gasteiger partial charge is 0.321 e. The van der Waals surface area contributed by atoms with Gasteiger partial charge >= 0.3 is 6.03 Å². The Bertz CT molecular complexity index is 314. The van der Waals surface area contributed by atoms with Gasteiger partial charge in [-0.25, -0.2) is 4.79 Å². The standard InChI is InChI=1S/C13H25N3O3/c1-3-15-12(18)16-11(17)10(2)19-13(9-14)7-5-4-6-8-13/h10H,3-9,14H2,1-2H3,(H2,15,16,17,18). The van der Waals surface area contributed by atoms with Crippen molar-refractivity contribution >= 4 is 11.9 Å². The fourth-order valence-corrected chi connectivity index (χ4v) is 2.41. The zero-order valence-corrected chi connectivity index (χ0v) is 11.8. The van der Waals surface area contributed by atoms with E-state index in [2.05, 4.69) is 10.6 Å². The second-order valence-corrected chi connectivity index (χ2v) is 5.06. The summed E-state index contributed by atoms with van der Waals surface area (Å²) in [5.74, 6) is -0.427. The van der Waals surface area contributed by atoms with Gasteiger partial charge in [-0.1, -0.05) is 19.3 Å². The van der Waals surface area contributed by atoms with Crippen LogP contribution in [0.5, 0.6) is 0 Å². The van der Waals surface area contributed by atoms with Crippen LogP contribution in [-0.4, -0.2) is 36.7 Å². The van der Waals surface area contributed by atoms with Gasteiger partial charge in [0.2, 0.25) is 0 Å². The first-order chi connectivity index (χ1) is 9.03. The number of hydrogen-bond donors (Lipinski definition) is 3. The number of imide groups is 1. The van der Waals surface area contributed by atoms with Crippen molar-refractivity contribution in [2.45, 2.75) is 57.7 Å². The van der Waals surface area contributed by atoms with Crippen molar-refractivity contribution in [2.75, 3.05) is 13.1 Å². The molecule has 1 aliphatic rings. The molecule has 6 heteroatoms. The molecular formula is C13H25N3O3. The topological polar surface area (TPSA) is 93.5 Å². The van der Waals surface area contributed by atoms with E-state index in [4.69, 9.17) is 10.5 Å². The molecule has 19 heavy (non-hydrogen) atoms. The minimum absolute atomic E-state index is 0.407. The Balaban J connectivity index is 2.49. The summed E-state index contributed by atoms with van der Waals surface area (Å²) >= 11 is 0. The van der Waals surface area contributed by atoms with Gasteiger partial charge in [0.25, 0.3) is 5.91 Å². The first kappa shape index (κ1) is 15.9. The lowest BCUT2D eigenvalue weighted by atomic mass is 9.84. The van der Waals surface area contributed by atoms with Crippen molar-refractivity contribution < 1.29 is 14.3 Å². The van der Waals surface area contributed by atoms with E-state index in [1.165, 1.54) is 6.42 Å². The summed E-state index contributed by atoms with van der Waals surface area (Å²) < 4.78 is 5.85. The maximum Gasteiger partial charge on any atom is 0.321 e. The van der Waals surface area contributed by atoms with Crippen LogP contribution in [0.3, 0.4) is 0 Å². The van der Waals surface area contributed by atoms with Crippen molar-refractivity contribution in [2.24, 2.45) is 5.73 Å². The lowest BCUT2D eigenvalue weighted by Crippen LogP contribution is -2.50. The number of ether oxygens (including phenoxy) is 1. The number of nitrogens with two attached hydrogens (primary N) is 1. The summed E-state index contributed by atoms with van der Waals surface area (Å²) in [7, 11) is 0. The summed E-state index contributed by atoms with van der Waals surface area (Å²) in [4.78, 5) is 23.1. The van der Waals surface area contributed by atoms with Crippen molar-refractivity contribution in [1.82, 2.24) is 10.6 Å². The average molecular weight is 271 g/mol. The number of carbonyl (C=O) groups is 2. The van der Waals surface area contributed by atoms with E-state index in [1.807, 2.05) is 0 Å². The van der Waals surface area contributed by atoms with E-state index in [1.54, 1.807) is 13.8 Å². The molecule has 4 N–H and O–H groups in total. The summed E-state index contributed by atoms with van der Waals surface area (Å²) in [5, 5.41) is 4.76. The fraction of sp³-hybridized carbons (Fsp3) is 0.846. The van der Waals surface area contributed by atoms with E-state index >= 15 is 0 Å². The van der Waals surface area contributed by atoms with Gasteiger partial charge in [-0.3, -0.25) is 10.1 Å². The molecule has 1 fully saturated rings. The Hall–Kier alpha value is -1.14. The molecule has 0 radical (unpaired) electrons. The van der Waals surface area contributed by atoms with Gasteiger partial charge < -0.3 is 15.8 Å². The maximum atomic E-state index is 11.8. The first-order valence-electron chi connectivity index (χ1n) is 6.99. The van der Waals surface area contributed by atoms with Crippen LogP contribution in [0.4, 0.5) is 4.79 Å². The number of carbonyl (C=O) groups excluding carboxylic acids is 2. The van der Waals surface area contributed by atoms with Gasteiger partial charge in [-0.15, -0.1) is 0 Å². The molecule has 1 rings (SSSR count). The molecule has 1 saturated carbocycles. The number of nitrogens with one attached hydrogen (secondary N) is 2. The lowest BCUT2D eigenvalue weighted by molar-refractivity contribution is -0.147. The van der Waals surface area contributed by atoms with Crippen LogP contribution in [0.15, 0.2) is 0 Å². The highest BCUT2D eigenvalue weighted by molar-refractivity contribution is 5.96. The van der Waals surface area contributed by atoms with Gasteiger partial charge in [-0.05, 0) is 26.7 Å². The minimum Gasteiger partial charge on any atom is -0.361 e. The summed E-state index contributed by atoms with van der Waals surface area (Å²) in [6.07, 6.45) is 4.41. The third-order valence-corrected chi connectivity index (χ3v) is 3.51. The molecule has 0 saturated heterocycles. The van der Waals surface area contributed by atoms with Crippen molar-refractivity contribution in [3.63, 3.8) is 0 Å². The third kappa shape index (κ3) is 4.80. The van der Waals surface area contributed by atoms with Gasteiger partial charge in [0, 0.05) is 13.1 Å². The summed E-state index contributed by atoms with van der Waals surface area (Å²) in [6.45, 7) is 4.32. The highest BCUT2D eigenvalue weighted by Gasteiger charge is 2.35. The van der Waals surface area contributed by atoms with E-state index in [0.29, 0.717) is 13.1 Å². The summed E-state index contributed by atoms with van der Waals surface area (Å²) in [6, 6.07) is -0.492. The second kappa shape index (κ2) is 7.45. The number of urea groups is 1. The van der Waals surface area contributed by atoms with Crippen LogP contribution in [0.1, 0.15) is 46.0 Å². The van der Waals surface area contributed by atoms with Crippen LogP contribution >= 0.6 is 0 Å². The highest BCUT2D eigenvalue weighted by Crippen LogP contribution is 2.31. The molecule has 0 bridgehead atoms. The summed E-state index contributed by atoms with van der Waals surface area (Å²) in [5.41, 5.74) is 5.39. The molecule has 0 aromatic carbocycles. The number of hydrogen-bond acceptors (Lipinski definition) is 4. The molecule has 1 aliphatic carbocycles. The normalized spacial score (nSPS) is 19.5. The van der Waals surface area contributed by atoms with Crippen molar-refractivity contribution in [1.29, 1.82) is 0 Å². The molecule has 1 atom stereocenters. The van der Waals surface area contributed by atoms with E-state index in [0.717, 1.165) is 25.7 Å². The predicted octanol–water partition coefficient (Wildman–Crippen LogP) is 0.899. The Morgan fingerprint density at radius 1 is 1.32 bits per heavy atom. The average Bonchev–Trinajstić information content (AvgIpc) is 2.40. The van der Waals surface area contributed by atoms with Crippen LogP contribution in [-0.2, 0) is 9.53 Å². The van der Waals surface area contributed by atoms with Gasteiger partial charge in [-0.2, -0.15) is 0 Å². The van der Waals surface area contributed by atoms with Crippen LogP contribution in [0.2, 0.25) is 0 Å². The minimum atomic E-state index is -0.677. The monoisotopic (exact) mass is 271 g/mol. The molecular weight excluding hydrogens is 246 g/mol. The lowest BCUT2D eigenvalue weighted by Gasteiger charge is -2.38. The second-order valence-electron chi connectivity index (χ2n) is 5.06. The first-order valence-corrected chi connectivity index (χ1v) is 6.99. The Morgan fingerprint density at radius 3 is 2.47 bits per heavy atom. The van der Waals surface area contributed by atoms with Crippen molar-refractivity contribution in [3.05, 3.63) is 0 Å². The largest absolute Gasteiger partial charge is 0.361 e. The van der Waals surface area contributed by atoms with E-state index in [9.17, 15) is 9.59 Å². The van der Waals surface area contributed by atoms with Gasteiger partial charge in [0.1, 0.15) is 6.10 Å². The molecule has 1 unspecified atom stereocenters. The van der Waals surface area contributed by atoms with Crippen LogP contribution in [0, 0.1) is 0 Å². The van der Waals surface area contributed by atoms with E-state index < -0.39 is 23.6 Å². The van der Waals surface area contributed by atoms with Crippen LogP contribution < -0.4 is 16.4 Å². The molecule has 0 aromatic heterocycles.